The summed E-state index contributed by atoms with van der Waals surface area (Å²) in [5, 5.41) is 22.3. The molecule has 1 amide bonds. The molecule has 1 aromatic carbocycles. The Morgan fingerprint density at radius 1 is 1.34 bits per heavy atom. The van der Waals surface area contributed by atoms with Gasteiger partial charge in [0.25, 0.3) is 0 Å². The van der Waals surface area contributed by atoms with Gasteiger partial charge in [-0.15, -0.1) is 11.8 Å². The molecule has 32 heavy (non-hydrogen) atoms. The summed E-state index contributed by atoms with van der Waals surface area (Å²) in [5.74, 6) is -0.375. The molecule has 1 heterocycles. The van der Waals surface area contributed by atoms with Gasteiger partial charge in [0, 0.05) is 17.9 Å². The lowest BCUT2D eigenvalue weighted by Gasteiger charge is -2.34. The van der Waals surface area contributed by atoms with Crippen LogP contribution in [0.4, 0.5) is 5.69 Å². The summed E-state index contributed by atoms with van der Waals surface area (Å²) in [7, 11) is 0. The minimum atomic E-state index is -1.09. The number of thioether (sulfide) groups is 1. The number of halogens is 1. The number of fused-ring (bicyclic) bond motifs is 1. The maximum atomic E-state index is 12.3. The molecule has 2 N–H and O–H groups in total. The number of carbonyl (C=O) groups excluding carboxylic acids is 1. The lowest BCUT2D eigenvalue weighted by Crippen LogP contribution is -2.27. The van der Waals surface area contributed by atoms with E-state index in [1.807, 2.05) is 6.07 Å². The van der Waals surface area contributed by atoms with Crippen LogP contribution < -0.4 is 5.32 Å². The number of rotatable bonds is 6. The van der Waals surface area contributed by atoms with Gasteiger partial charge in [0.2, 0.25) is 5.91 Å². The van der Waals surface area contributed by atoms with Gasteiger partial charge < -0.3 is 10.4 Å². The van der Waals surface area contributed by atoms with E-state index in [1.54, 1.807) is 0 Å². The van der Waals surface area contributed by atoms with Gasteiger partial charge in [-0.25, -0.2) is 9.78 Å². The highest BCUT2D eigenvalue weighted by Crippen LogP contribution is 2.38. The van der Waals surface area contributed by atoms with E-state index in [2.05, 4.69) is 32.2 Å². The molecule has 1 aliphatic carbocycles. The molecule has 1 aliphatic rings. The minimum absolute atomic E-state index is 0.0460. The number of nitrogens with zero attached hydrogens (tertiary/aromatic N) is 2. The van der Waals surface area contributed by atoms with E-state index >= 15 is 0 Å². The Kier molecular flexibility index (Phi) is 7.47. The third-order valence-electron chi connectivity index (χ3n) is 5.75. The maximum Gasteiger partial charge on any atom is 0.335 e. The second-order valence-corrected chi connectivity index (χ2v) is 10.5. The van der Waals surface area contributed by atoms with Gasteiger partial charge in [0.05, 0.1) is 21.8 Å². The summed E-state index contributed by atoms with van der Waals surface area (Å²) >= 11 is 7.44. The first-order valence-corrected chi connectivity index (χ1v) is 11.8. The first-order chi connectivity index (χ1) is 15.1. The summed E-state index contributed by atoms with van der Waals surface area (Å²) in [6.07, 6.45) is 3.09. The highest BCUT2D eigenvalue weighted by molar-refractivity contribution is 7.99. The van der Waals surface area contributed by atoms with Gasteiger partial charge in [-0.05, 0) is 60.4 Å². The van der Waals surface area contributed by atoms with Crippen LogP contribution in [0.2, 0.25) is 5.02 Å². The van der Waals surface area contributed by atoms with E-state index in [-0.39, 0.29) is 34.0 Å². The van der Waals surface area contributed by atoms with E-state index in [1.165, 1.54) is 30.0 Å². The Balaban J connectivity index is 1.63. The summed E-state index contributed by atoms with van der Waals surface area (Å²) in [6, 6.07) is 8.36. The van der Waals surface area contributed by atoms with Crippen LogP contribution in [-0.4, -0.2) is 27.7 Å². The highest BCUT2D eigenvalue weighted by atomic mass is 35.5. The Morgan fingerprint density at radius 3 is 2.75 bits per heavy atom. The van der Waals surface area contributed by atoms with Gasteiger partial charge in [-0.2, -0.15) is 5.26 Å². The number of nitriles is 1. The third kappa shape index (κ3) is 5.81. The summed E-state index contributed by atoms with van der Waals surface area (Å²) in [5.41, 5.74) is 3.28. The fourth-order valence-electron chi connectivity index (χ4n) is 3.78. The number of carboxylic acids is 1. The molecule has 0 radical (unpaired) electrons. The number of hydrogen-bond donors (Lipinski definition) is 2. The van der Waals surface area contributed by atoms with Crippen molar-refractivity contribution in [3.05, 3.63) is 51.7 Å². The molecule has 0 saturated carbocycles. The average Bonchev–Trinajstić information content (AvgIpc) is 2.73. The number of amides is 1. The van der Waals surface area contributed by atoms with Crippen molar-refractivity contribution in [2.24, 2.45) is 11.3 Å². The standard InChI is InChI=1S/C24H26ClN3O3S/c1-24(2,3)17-5-7-19-15(11-17)10-16(13-26)22(28-19)32-9-8-21(29)27-20-12-14(23(30)31)4-6-18(20)25/h4,6,10,12,17H,5,7-9,11H2,1-3H3,(H,27,29)(H,30,31). The molecule has 0 saturated heterocycles. The van der Waals surface area contributed by atoms with Crippen LogP contribution in [-0.2, 0) is 17.6 Å². The maximum absolute atomic E-state index is 12.3. The number of hydrogen-bond acceptors (Lipinski definition) is 5. The zero-order chi connectivity index (χ0) is 23.5. The highest BCUT2D eigenvalue weighted by Gasteiger charge is 2.30. The Morgan fingerprint density at radius 2 is 2.09 bits per heavy atom. The Bertz CT molecular complexity index is 1090. The average molecular weight is 472 g/mol. The predicted octanol–water partition coefficient (Wildman–Crippen LogP) is 5.58. The zero-order valence-electron chi connectivity index (χ0n) is 18.4. The number of aromatic nitrogens is 1. The lowest BCUT2D eigenvalue weighted by atomic mass is 9.71. The molecule has 0 fully saturated rings. The fraction of sp³-hybridized carbons (Fsp3) is 0.417. The number of nitrogens with one attached hydrogen (secondary N) is 1. The van der Waals surface area contributed by atoms with Gasteiger partial charge in [-0.3, -0.25) is 4.79 Å². The van der Waals surface area contributed by atoms with E-state index in [0.717, 1.165) is 30.5 Å². The lowest BCUT2D eigenvalue weighted by molar-refractivity contribution is -0.115. The van der Waals surface area contributed by atoms with Crippen molar-refractivity contribution in [1.82, 2.24) is 4.98 Å². The van der Waals surface area contributed by atoms with Crippen molar-refractivity contribution in [2.45, 2.75) is 51.5 Å². The van der Waals surface area contributed by atoms with Crippen LogP contribution >= 0.6 is 23.4 Å². The summed E-state index contributed by atoms with van der Waals surface area (Å²) in [6.45, 7) is 6.75. The van der Waals surface area contributed by atoms with Gasteiger partial charge in [0.15, 0.2) is 0 Å². The number of benzene rings is 1. The fourth-order valence-corrected chi connectivity index (χ4v) is 4.86. The number of aromatic carboxylic acids is 1. The second kappa shape index (κ2) is 9.93. The van der Waals surface area contributed by atoms with Gasteiger partial charge in [-0.1, -0.05) is 32.4 Å². The van der Waals surface area contributed by atoms with E-state index < -0.39 is 5.97 Å². The number of carboxylic acid groups (broad SMARTS) is 1. The number of carbonyl (C=O) groups is 2. The van der Waals surface area contributed by atoms with Gasteiger partial charge >= 0.3 is 5.97 Å². The normalized spacial score (nSPS) is 15.5. The van der Waals surface area contributed by atoms with Crippen LogP contribution in [0.1, 0.15) is 60.8 Å². The molecular formula is C24H26ClN3O3S. The molecule has 3 rings (SSSR count). The topological polar surface area (TPSA) is 103 Å². The molecule has 1 atom stereocenters. The monoisotopic (exact) mass is 471 g/mol. The van der Waals surface area contributed by atoms with Crippen molar-refractivity contribution < 1.29 is 14.7 Å². The number of aryl methyl sites for hydroxylation is 1. The molecule has 0 bridgehead atoms. The molecule has 1 unspecified atom stereocenters. The van der Waals surface area contributed by atoms with Crippen LogP contribution in [0.3, 0.4) is 0 Å². The molecule has 2 aromatic rings. The van der Waals surface area contributed by atoms with Gasteiger partial charge in [0.1, 0.15) is 11.1 Å². The van der Waals surface area contributed by atoms with E-state index in [9.17, 15) is 14.9 Å². The molecule has 0 aliphatic heterocycles. The van der Waals surface area contributed by atoms with E-state index in [4.69, 9.17) is 21.7 Å². The predicted molar refractivity (Wildman–Crippen MR) is 126 cm³/mol. The van der Waals surface area contributed by atoms with Crippen LogP contribution in [0.25, 0.3) is 0 Å². The largest absolute Gasteiger partial charge is 0.478 e. The van der Waals surface area contributed by atoms with Crippen molar-refractivity contribution in [2.75, 3.05) is 11.1 Å². The quantitative estimate of drug-likeness (QED) is 0.533. The Hall–Kier alpha value is -2.56. The van der Waals surface area contributed by atoms with Crippen LogP contribution in [0.15, 0.2) is 29.3 Å². The van der Waals surface area contributed by atoms with E-state index in [0.29, 0.717) is 22.3 Å². The second-order valence-electron chi connectivity index (χ2n) is 9.01. The van der Waals surface area contributed by atoms with Crippen molar-refractivity contribution in [1.29, 1.82) is 5.26 Å². The minimum Gasteiger partial charge on any atom is -0.478 e. The molecule has 168 valence electrons. The zero-order valence-corrected chi connectivity index (χ0v) is 19.9. The summed E-state index contributed by atoms with van der Waals surface area (Å²) < 4.78 is 0. The molecule has 6 nitrogen and oxygen atoms in total. The SMILES string of the molecule is CC(C)(C)C1CCc2nc(SCCC(=O)Nc3cc(C(=O)O)ccc3Cl)c(C#N)cc2C1. The van der Waals surface area contributed by atoms with Crippen molar-refractivity contribution in [3.63, 3.8) is 0 Å². The first kappa shape index (κ1) is 24.1. The summed E-state index contributed by atoms with van der Waals surface area (Å²) in [4.78, 5) is 28.2. The molecular weight excluding hydrogens is 446 g/mol. The third-order valence-corrected chi connectivity index (χ3v) is 7.08. The smallest absolute Gasteiger partial charge is 0.335 e. The molecule has 1 aromatic heterocycles. The number of anilines is 1. The Labute approximate surface area is 197 Å². The van der Waals surface area contributed by atoms with Crippen molar-refractivity contribution in [3.8, 4) is 6.07 Å². The van der Waals surface area contributed by atoms with Crippen LogP contribution in [0, 0.1) is 22.7 Å². The first-order valence-electron chi connectivity index (χ1n) is 10.5. The number of pyridine rings is 1. The van der Waals surface area contributed by atoms with Crippen LogP contribution in [0.5, 0.6) is 0 Å². The molecule has 8 heteroatoms. The molecule has 0 spiro atoms. The van der Waals surface area contributed by atoms with Crippen molar-refractivity contribution >= 4 is 40.9 Å².